The quantitative estimate of drug-likeness (QED) is 0.701. The van der Waals surface area contributed by atoms with Crippen LogP contribution >= 0.6 is 0 Å². The van der Waals surface area contributed by atoms with Crippen molar-refractivity contribution in [1.29, 1.82) is 0 Å². The molecule has 4 heterocycles. The van der Waals surface area contributed by atoms with Crippen molar-refractivity contribution in [2.24, 2.45) is 5.92 Å². The predicted molar refractivity (Wildman–Crippen MR) is 122 cm³/mol. The molecule has 0 saturated carbocycles. The van der Waals surface area contributed by atoms with E-state index in [-0.39, 0.29) is 0 Å². The second-order valence-corrected chi connectivity index (χ2v) is 8.98. The van der Waals surface area contributed by atoms with Crippen molar-refractivity contribution < 1.29 is 9.84 Å². The molecule has 1 unspecified atom stereocenters. The number of aromatic nitrogens is 3. The van der Waals surface area contributed by atoms with Crippen LogP contribution in [-0.2, 0) is 0 Å². The molecule has 1 aromatic carbocycles. The molecular weight excluding hydrogens is 390 g/mol. The summed E-state index contributed by atoms with van der Waals surface area (Å²) in [6.07, 6.45) is 5.98. The predicted octanol–water partition coefficient (Wildman–Crippen LogP) is 2.99. The summed E-state index contributed by atoms with van der Waals surface area (Å²) >= 11 is 0. The Labute approximate surface area is 182 Å². The van der Waals surface area contributed by atoms with Crippen LogP contribution in [0.4, 0.5) is 5.69 Å². The molecule has 7 heteroatoms. The van der Waals surface area contributed by atoms with Gasteiger partial charge in [-0.05, 0) is 58.5 Å². The summed E-state index contributed by atoms with van der Waals surface area (Å²) in [4.78, 5) is 13.8. The normalized spacial score (nSPS) is 20.8. The van der Waals surface area contributed by atoms with Gasteiger partial charge in [0.25, 0.3) is 0 Å². The Bertz CT molecular complexity index is 1170. The summed E-state index contributed by atoms with van der Waals surface area (Å²) in [5.74, 6) is 1.39. The van der Waals surface area contributed by atoms with E-state index in [1.807, 2.05) is 42.8 Å². The van der Waals surface area contributed by atoms with Crippen molar-refractivity contribution in [3.8, 4) is 5.75 Å². The summed E-state index contributed by atoms with van der Waals surface area (Å²) < 4.78 is 7.88. The van der Waals surface area contributed by atoms with Crippen molar-refractivity contribution in [2.45, 2.75) is 26.6 Å². The maximum atomic E-state index is 10.7. The van der Waals surface area contributed by atoms with E-state index < -0.39 is 6.29 Å². The van der Waals surface area contributed by atoms with E-state index in [2.05, 4.69) is 41.0 Å². The van der Waals surface area contributed by atoms with Crippen molar-refractivity contribution in [1.82, 2.24) is 19.3 Å². The number of benzene rings is 1. The number of aliphatic hydroxyl groups excluding tert-OH is 1. The molecule has 1 saturated heterocycles. The van der Waals surface area contributed by atoms with Gasteiger partial charge >= 0.3 is 0 Å². The zero-order chi connectivity index (χ0) is 21.7. The molecule has 1 N–H and O–H groups in total. The summed E-state index contributed by atoms with van der Waals surface area (Å²) in [5.41, 5.74) is 6.04. The first kappa shape index (κ1) is 20.0. The Hall–Kier alpha value is -2.90. The lowest BCUT2D eigenvalue weighted by atomic mass is 10.0. The highest BCUT2D eigenvalue weighted by atomic mass is 16.6. The van der Waals surface area contributed by atoms with Gasteiger partial charge < -0.3 is 24.0 Å². The number of hydrogen-bond acceptors (Lipinski definition) is 6. The van der Waals surface area contributed by atoms with E-state index in [0.29, 0.717) is 22.9 Å². The Kier molecular flexibility index (Phi) is 4.95. The number of aryl methyl sites for hydroxylation is 2. The van der Waals surface area contributed by atoms with Crippen molar-refractivity contribution in [3.63, 3.8) is 0 Å². The van der Waals surface area contributed by atoms with Crippen LogP contribution in [0.25, 0.3) is 17.3 Å². The van der Waals surface area contributed by atoms with Crippen LogP contribution < -0.4 is 9.64 Å². The molecule has 2 aliphatic heterocycles. The molecule has 2 aliphatic rings. The Morgan fingerprint density at radius 2 is 2.03 bits per heavy atom. The monoisotopic (exact) mass is 419 g/mol. The maximum Gasteiger partial charge on any atom is 0.226 e. The van der Waals surface area contributed by atoms with Crippen molar-refractivity contribution in [3.05, 3.63) is 53.2 Å². The van der Waals surface area contributed by atoms with Gasteiger partial charge in [0, 0.05) is 54.9 Å². The highest BCUT2D eigenvalue weighted by Crippen LogP contribution is 2.37. The average Bonchev–Trinajstić information content (AvgIpc) is 3.33. The van der Waals surface area contributed by atoms with Gasteiger partial charge in [-0.2, -0.15) is 0 Å². The Morgan fingerprint density at radius 3 is 2.84 bits per heavy atom. The van der Waals surface area contributed by atoms with Gasteiger partial charge in [0.15, 0.2) is 5.65 Å². The summed E-state index contributed by atoms with van der Waals surface area (Å²) in [7, 11) is 4.26. The summed E-state index contributed by atoms with van der Waals surface area (Å²) in [6, 6.07) is 6.26. The smallest absolute Gasteiger partial charge is 0.226 e. The Balaban J connectivity index is 1.43. The number of hydrogen-bond donors (Lipinski definition) is 1. The molecular formula is C24H29N5O2. The average molecular weight is 420 g/mol. The molecule has 1 fully saturated rings. The zero-order valence-electron chi connectivity index (χ0n) is 18.5. The highest BCUT2D eigenvalue weighted by molar-refractivity contribution is 5.86. The van der Waals surface area contributed by atoms with Gasteiger partial charge in [-0.1, -0.05) is 0 Å². The fourth-order valence-electron chi connectivity index (χ4n) is 4.74. The first-order valence-corrected chi connectivity index (χ1v) is 10.8. The number of fused-ring (bicyclic) bond motifs is 2. The van der Waals surface area contributed by atoms with Gasteiger partial charge in [-0.25, -0.2) is 4.98 Å². The molecule has 162 valence electrons. The fourth-order valence-corrected chi connectivity index (χ4v) is 4.74. The minimum absolute atomic E-state index is 0.660. The molecule has 3 aromatic rings. The molecule has 5 rings (SSSR count). The topological polar surface area (TPSA) is 66.1 Å². The summed E-state index contributed by atoms with van der Waals surface area (Å²) in [6.45, 7) is 7.11. The first-order valence-electron chi connectivity index (χ1n) is 10.8. The number of nitrogens with zero attached hydrogens (tertiary/aromatic N) is 5. The number of ether oxygens (including phenoxy) is 1. The fraction of sp³-hybridized carbons (Fsp3) is 0.417. The van der Waals surface area contributed by atoms with E-state index in [1.54, 1.807) is 0 Å². The van der Waals surface area contributed by atoms with Crippen molar-refractivity contribution >= 4 is 23.0 Å². The molecule has 0 amide bonds. The van der Waals surface area contributed by atoms with E-state index in [4.69, 9.17) is 9.72 Å². The lowest BCUT2D eigenvalue weighted by Crippen LogP contribution is -2.26. The van der Waals surface area contributed by atoms with Crippen LogP contribution in [0.1, 0.15) is 29.1 Å². The lowest BCUT2D eigenvalue weighted by molar-refractivity contribution is 0.0318. The summed E-state index contributed by atoms with van der Waals surface area (Å²) in [5, 5.41) is 10.7. The molecule has 0 spiro atoms. The zero-order valence-corrected chi connectivity index (χ0v) is 18.5. The highest BCUT2D eigenvalue weighted by Gasteiger charge is 2.27. The van der Waals surface area contributed by atoms with Crippen molar-refractivity contribution in [2.75, 3.05) is 38.6 Å². The van der Waals surface area contributed by atoms with E-state index in [1.165, 1.54) is 6.42 Å². The molecule has 31 heavy (non-hydrogen) atoms. The van der Waals surface area contributed by atoms with Gasteiger partial charge in [-0.15, -0.1) is 0 Å². The molecule has 2 atom stereocenters. The van der Waals surface area contributed by atoms with Gasteiger partial charge in [0.05, 0.1) is 17.1 Å². The van der Waals surface area contributed by atoms with Crippen LogP contribution in [0.2, 0.25) is 0 Å². The molecule has 7 nitrogen and oxygen atoms in total. The molecule has 0 bridgehead atoms. The van der Waals surface area contributed by atoms with E-state index >= 15 is 0 Å². The maximum absolute atomic E-state index is 10.7. The van der Waals surface area contributed by atoms with Gasteiger partial charge in [0.1, 0.15) is 5.75 Å². The molecule has 0 radical (unpaired) electrons. The Morgan fingerprint density at radius 1 is 1.19 bits per heavy atom. The SMILES string of the molecule is Cc1cn2cc(C3=Cc4ccc(N5CC[C@H](CN(C)C)C5)cc4OC3O)nc2c(C)n1. The van der Waals surface area contributed by atoms with E-state index in [0.717, 1.165) is 47.9 Å². The number of aliphatic hydroxyl groups is 1. The minimum atomic E-state index is -1.05. The second-order valence-electron chi connectivity index (χ2n) is 8.98. The first-order chi connectivity index (χ1) is 14.9. The van der Waals surface area contributed by atoms with Crippen LogP contribution in [0.3, 0.4) is 0 Å². The van der Waals surface area contributed by atoms with Crippen LogP contribution in [0.5, 0.6) is 5.75 Å². The van der Waals surface area contributed by atoms with Crippen LogP contribution in [-0.4, -0.2) is 64.4 Å². The molecule has 0 aliphatic carbocycles. The van der Waals surface area contributed by atoms with Gasteiger partial charge in [-0.3, -0.25) is 4.98 Å². The van der Waals surface area contributed by atoms with Gasteiger partial charge in [0.2, 0.25) is 6.29 Å². The van der Waals surface area contributed by atoms with E-state index in [9.17, 15) is 5.11 Å². The number of rotatable bonds is 4. The minimum Gasteiger partial charge on any atom is -0.460 e. The number of anilines is 1. The van der Waals surface area contributed by atoms with Crippen LogP contribution in [0.15, 0.2) is 30.6 Å². The number of imidazole rings is 1. The third kappa shape index (κ3) is 3.79. The van der Waals surface area contributed by atoms with Crippen LogP contribution in [0, 0.1) is 19.8 Å². The standard InChI is InChI=1S/C24H29N5O2/c1-15-11-29-14-21(26-23(29)16(2)25-15)20-9-18-5-6-19(10-22(18)31-24(20)30)28-8-7-17(13-28)12-27(3)4/h5-6,9-11,14,17,24,30H,7-8,12-13H2,1-4H3/t17-,24?/m1/s1. The molecule has 2 aromatic heterocycles. The third-order valence-corrected chi connectivity index (χ3v) is 6.11. The second kappa shape index (κ2) is 7.66. The largest absolute Gasteiger partial charge is 0.460 e. The third-order valence-electron chi connectivity index (χ3n) is 6.11. The lowest BCUT2D eigenvalue weighted by Gasteiger charge is -2.25.